The number of halogens is 7. The van der Waals surface area contributed by atoms with E-state index in [0.29, 0.717) is 0 Å². The summed E-state index contributed by atoms with van der Waals surface area (Å²) in [5.41, 5.74) is -3.36. The maximum Gasteiger partial charge on any atom is 0.459 e. The molecule has 2 nitrogen and oxygen atoms in total. The fourth-order valence-electron chi connectivity index (χ4n) is 2.12. The van der Waals surface area contributed by atoms with E-state index in [2.05, 4.69) is 0 Å². The summed E-state index contributed by atoms with van der Waals surface area (Å²) in [6.07, 6.45) is -8.56. The SMILES string of the molecule is O=C(O)C1(C(F)(F)C(F)(F)C(F)(F)F)CCCC1. The summed E-state index contributed by atoms with van der Waals surface area (Å²) in [6, 6.07) is 0. The van der Waals surface area contributed by atoms with Crippen molar-refractivity contribution in [2.75, 3.05) is 0 Å². The molecule has 0 amide bonds. The van der Waals surface area contributed by atoms with Crippen molar-refractivity contribution in [3.8, 4) is 0 Å². The minimum Gasteiger partial charge on any atom is -0.481 e. The van der Waals surface area contributed by atoms with Crippen molar-refractivity contribution < 1.29 is 40.6 Å². The van der Waals surface area contributed by atoms with Crippen molar-refractivity contribution >= 4 is 5.97 Å². The third-order valence-electron chi connectivity index (χ3n) is 3.22. The molecule has 0 spiro atoms. The zero-order chi connectivity index (χ0) is 14.4. The molecule has 0 aromatic heterocycles. The number of hydrogen-bond acceptors (Lipinski definition) is 1. The van der Waals surface area contributed by atoms with Crippen molar-refractivity contribution in [1.82, 2.24) is 0 Å². The Bertz CT molecular complexity index is 341. The minimum absolute atomic E-state index is 0.129. The number of carboxylic acid groups (broad SMARTS) is 1. The summed E-state index contributed by atoms with van der Waals surface area (Å²) in [5, 5.41) is 8.65. The van der Waals surface area contributed by atoms with Gasteiger partial charge in [-0.2, -0.15) is 30.7 Å². The van der Waals surface area contributed by atoms with Gasteiger partial charge in [0.2, 0.25) is 0 Å². The van der Waals surface area contributed by atoms with Crippen LogP contribution >= 0.6 is 0 Å². The van der Waals surface area contributed by atoms with Crippen LogP contribution in [0.3, 0.4) is 0 Å². The smallest absolute Gasteiger partial charge is 0.459 e. The van der Waals surface area contributed by atoms with Crippen molar-refractivity contribution in [3.63, 3.8) is 0 Å². The highest BCUT2D eigenvalue weighted by Crippen LogP contribution is 2.59. The second-order valence-corrected chi connectivity index (χ2v) is 4.24. The molecule has 0 bridgehead atoms. The molecule has 1 N–H and O–H groups in total. The zero-order valence-electron chi connectivity index (χ0n) is 8.83. The van der Waals surface area contributed by atoms with Gasteiger partial charge in [0.1, 0.15) is 5.41 Å². The quantitative estimate of drug-likeness (QED) is 0.805. The van der Waals surface area contributed by atoms with Gasteiger partial charge >= 0.3 is 24.0 Å². The van der Waals surface area contributed by atoms with Crippen molar-refractivity contribution in [1.29, 1.82) is 0 Å². The van der Waals surface area contributed by atoms with Crippen LogP contribution in [0.5, 0.6) is 0 Å². The van der Waals surface area contributed by atoms with Crippen LogP contribution in [0.1, 0.15) is 25.7 Å². The Labute approximate surface area is 96.8 Å². The number of hydrogen-bond donors (Lipinski definition) is 1. The van der Waals surface area contributed by atoms with Crippen molar-refractivity contribution in [3.05, 3.63) is 0 Å². The Morgan fingerprint density at radius 3 is 1.61 bits per heavy atom. The second kappa shape index (κ2) is 3.99. The number of carboxylic acids is 1. The Kier molecular flexibility index (Phi) is 3.33. The van der Waals surface area contributed by atoms with Crippen LogP contribution in [-0.4, -0.2) is 29.1 Å². The summed E-state index contributed by atoms with van der Waals surface area (Å²) in [4.78, 5) is 10.8. The highest BCUT2D eigenvalue weighted by Gasteiger charge is 2.81. The van der Waals surface area contributed by atoms with E-state index in [-0.39, 0.29) is 12.8 Å². The van der Waals surface area contributed by atoms with E-state index in [1.807, 2.05) is 0 Å². The van der Waals surface area contributed by atoms with Gasteiger partial charge in [-0.25, -0.2) is 0 Å². The predicted octanol–water partition coefficient (Wildman–Crippen LogP) is 3.46. The molecule has 0 unspecified atom stereocenters. The predicted molar refractivity (Wildman–Crippen MR) is 44.5 cm³/mol. The lowest BCUT2D eigenvalue weighted by Crippen LogP contribution is -2.62. The Hall–Kier alpha value is -1.02. The first kappa shape index (κ1) is 15.0. The number of alkyl halides is 7. The summed E-state index contributed by atoms with van der Waals surface area (Å²) < 4.78 is 88.5. The lowest BCUT2D eigenvalue weighted by molar-refractivity contribution is -0.376. The van der Waals surface area contributed by atoms with Crippen LogP contribution in [0.4, 0.5) is 30.7 Å². The largest absolute Gasteiger partial charge is 0.481 e. The van der Waals surface area contributed by atoms with E-state index in [0.717, 1.165) is 0 Å². The summed E-state index contributed by atoms with van der Waals surface area (Å²) in [5.74, 6) is -14.4. The van der Waals surface area contributed by atoms with Gasteiger partial charge in [-0.1, -0.05) is 12.8 Å². The molecule has 106 valence electrons. The molecule has 0 radical (unpaired) electrons. The van der Waals surface area contributed by atoms with Gasteiger partial charge in [-0.05, 0) is 12.8 Å². The monoisotopic (exact) mass is 282 g/mol. The van der Waals surface area contributed by atoms with E-state index in [1.165, 1.54) is 0 Å². The first-order valence-corrected chi connectivity index (χ1v) is 4.96. The van der Waals surface area contributed by atoms with E-state index < -0.39 is 42.2 Å². The molecule has 18 heavy (non-hydrogen) atoms. The molecule has 1 fully saturated rings. The lowest BCUT2D eigenvalue weighted by Gasteiger charge is -2.38. The Morgan fingerprint density at radius 2 is 1.33 bits per heavy atom. The Balaban J connectivity index is 3.31. The van der Waals surface area contributed by atoms with Gasteiger partial charge < -0.3 is 5.11 Å². The van der Waals surface area contributed by atoms with Gasteiger partial charge in [-0.3, -0.25) is 4.79 Å². The Morgan fingerprint density at radius 1 is 0.944 bits per heavy atom. The summed E-state index contributed by atoms with van der Waals surface area (Å²) in [6.45, 7) is 0. The molecule has 9 heteroatoms. The van der Waals surface area contributed by atoms with Crippen LogP contribution in [0.2, 0.25) is 0 Å². The average Bonchev–Trinajstić information content (AvgIpc) is 2.65. The van der Waals surface area contributed by atoms with Gasteiger partial charge in [-0.15, -0.1) is 0 Å². The topological polar surface area (TPSA) is 37.3 Å². The van der Waals surface area contributed by atoms with Crippen LogP contribution in [0.15, 0.2) is 0 Å². The van der Waals surface area contributed by atoms with Crippen molar-refractivity contribution in [2.24, 2.45) is 5.41 Å². The highest BCUT2D eigenvalue weighted by molar-refractivity contribution is 5.76. The molecule has 0 aromatic rings. The molecular formula is C9H9F7O2. The third-order valence-corrected chi connectivity index (χ3v) is 3.22. The van der Waals surface area contributed by atoms with E-state index in [9.17, 15) is 35.5 Å². The molecular weight excluding hydrogens is 273 g/mol. The third kappa shape index (κ3) is 1.74. The van der Waals surface area contributed by atoms with Crippen LogP contribution in [-0.2, 0) is 4.79 Å². The van der Waals surface area contributed by atoms with E-state index in [4.69, 9.17) is 5.11 Å². The fourth-order valence-corrected chi connectivity index (χ4v) is 2.12. The zero-order valence-corrected chi connectivity index (χ0v) is 8.83. The minimum atomic E-state index is -6.50. The molecule has 0 saturated heterocycles. The van der Waals surface area contributed by atoms with Crippen LogP contribution < -0.4 is 0 Å². The molecule has 0 aliphatic heterocycles. The second-order valence-electron chi connectivity index (χ2n) is 4.24. The number of carbonyl (C=O) groups is 1. The van der Waals surface area contributed by atoms with Crippen LogP contribution in [0, 0.1) is 5.41 Å². The number of aliphatic carboxylic acids is 1. The molecule has 1 rings (SSSR count). The van der Waals surface area contributed by atoms with E-state index in [1.54, 1.807) is 0 Å². The van der Waals surface area contributed by atoms with Crippen molar-refractivity contribution in [2.45, 2.75) is 43.7 Å². The number of rotatable bonds is 3. The fraction of sp³-hybridized carbons (Fsp3) is 0.889. The van der Waals surface area contributed by atoms with Gasteiger partial charge in [0, 0.05) is 0 Å². The molecule has 0 heterocycles. The van der Waals surface area contributed by atoms with E-state index >= 15 is 0 Å². The maximum atomic E-state index is 13.5. The first-order valence-electron chi connectivity index (χ1n) is 4.96. The average molecular weight is 282 g/mol. The molecule has 1 aliphatic carbocycles. The lowest BCUT2D eigenvalue weighted by atomic mass is 9.76. The molecule has 1 aliphatic rings. The van der Waals surface area contributed by atoms with Gasteiger partial charge in [0.25, 0.3) is 0 Å². The standard InChI is InChI=1S/C9H9F7O2/c10-7(11,8(12,13)9(14,15)16)6(5(17)18)3-1-2-4-6/h1-4H2,(H,17,18). The van der Waals surface area contributed by atoms with Crippen LogP contribution in [0.25, 0.3) is 0 Å². The molecule has 0 atom stereocenters. The van der Waals surface area contributed by atoms with Gasteiger partial charge in [0.15, 0.2) is 0 Å². The first-order chi connectivity index (χ1) is 7.90. The summed E-state index contributed by atoms with van der Waals surface area (Å²) >= 11 is 0. The normalized spacial score (nSPS) is 21.1. The highest BCUT2D eigenvalue weighted by atomic mass is 19.4. The summed E-state index contributed by atoms with van der Waals surface area (Å²) in [7, 11) is 0. The molecule has 1 saturated carbocycles. The molecule has 0 aromatic carbocycles. The maximum absolute atomic E-state index is 13.5. The van der Waals surface area contributed by atoms with Gasteiger partial charge in [0.05, 0.1) is 0 Å².